The number of nitrogens with zero attached hydrogens (tertiary/aromatic N) is 3. The van der Waals surface area contributed by atoms with Crippen LogP contribution in [0.3, 0.4) is 0 Å². The molecule has 1 fully saturated rings. The SMILES string of the molecule is CCCN1CCC(Nc2cc(N)nc(COCC)n2)CC1. The van der Waals surface area contributed by atoms with Gasteiger partial charge < -0.3 is 20.7 Å². The minimum absolute atomic E-state index is 0.408. The van der Waals surface area contributed by atoms with Crippen molar-refractivity contribution in [3.63, 3.8) is 0 Å². The Morgan fingerprint density at radius 1 is 1.33 bits per heavy atom. The first kappa shape index (κ1) is 16.0. The lowest BCUT2D eigenvalue weighted by molar-refractivity contribution is 0.128. The molecule has 0 amide bonds. The van der Waals surface area contributed by atoms with Crippen LogP contribution in [0.2, 0.25) is 0 Å². The van der Waals surface area contributed by atoms with Gasteiger partial charge >= 0.3 is 0 Å². The fraction of sp³-hybridized carbons (Fsp3) is 0.733. The van der Waals surface area contributed by atoms with Crippen molar-refractivity contribution >= 4 is 11.6 Å². The van der Waals surface area contributed by atoms with E-state index in [9.17, 15) is 0 Å². The quantitative estimate of drug-likeness (QED) is 0.799. The van der Waals surface area contributed by atoms with Gasteiger partial charge in [0, 0.05) is 31.8 Å². The van der Waals surface area contributed by atoms with Crippen molar-refractivity contribution in [3.8, 4) is 0 Å². The molecule has 1 aliphatic heterocycles. The molecule has 1 aliphatic rings. The maximum absolute atomic E-state index is 5.84. The van der Waals surface area contributed by atoms with E-state index in [0.717, 1.165) is 31.7 Å². The fourth-order valence-electron chi connectivity index (χ4n) is 2.68. The molecule has 0 saturated carbocycles. The van der Waals surface area contributed by atoms with Gasteiger partial charge in [0.25, 0.3) is 0 Å². The molecule has 0 radical (unpaired) electrons. The second kappa shape index (κ2) is 8.14. The zero-order chi connectivity index (χ0) is 15.1. The predicted octanol–water partition coefficient (Wildman–Crippen LogP) is 1.88. The molecular formula is C15H27N5O. The van der Waals surface area contributed by atoms with Gasteiger partial charge in [-0.25, -0.2) is 9.97 Å². The topological polar surface area (TPSA) is 76.3 Å². The van der Waals surface area contributed by atoms with Crippen molar-refractivity contribution in [1.29, 1.82) is 0 Å². The van der Waals surface area contributed by atoms with E-state index in [2.05, 4.69) is 27.1 Å². The Balaban J connectivity index is 1.89. The minimum Gasteiger partial charge on any atom is -0.384 e. The molecule has 0 aliphatic carbocycles. The molecular weight excluding hydrogens is 266 g/mol. The molecule has 118 valence electrons. The van der Waals surface area contributed by atoms with Crippen molar-refractivity contribution in [2.45, 2.75) is 45.8 Å². The van der Waals surface area contributed by atoms with Gasteiger partial charge in [0.05, 0.1) is 0 Å². The minimum atomic E-state index is 0.408. The molecule has 1 aromatic heterocycles. The highest BCUT2D eigenvalue weighted by Crippen LogP contribution is 2.17. The molecule has 6 heteroatoms. The maximum atomic E-state index is 5.84. The van der Waals surface area contributed by atoms with Crippen LogP contribution in [-0.4, -0.2) is 47.2 Å². The average Bonchev–Trinajstić information content (AvgIpc) is 2.47. The van der Waals surface area contributed by atoms with Gasteiger partial charge in [-0.1, -0.05) is 6.92 Å². The largest absolute Gasteiger partial charge is 0.384 e. The number of nitrogens with one attached hydrogen (secondary N) is 1. The van der Waals surface area contributed by atoms with Gasteiger partial charge in [-0.3, -0.25) is 0 Å². The van der Waals surface area contributed by atoms with Crippen LogP contribution in [0.1, 0.15) is 38.9 Å². The van der Waals surface area contributed by atoms with Crippen LogP contribution in [-0.2, 0) is 11.3 Å². The van der Waals surface area contributed by atoms with Crippen LogP contribution in [0.25, 0.3) is 0 Å². The molecule has 2 rings (SSSR count). The normalized spacial score (nSPS) is 17.0. The van der Waals surface area contributed by atoms with Crippen LogP contribution < -0.4 is 11.1 Å². The molecule has 6 nitrogen and oxygen atoms in total. The summed E-state index contributed by atoms with van der Waals surface area (Å²) in [5.41, 5.74) is 5.84. The molecule has 0 unspecified atom stereocenters. The molecule has 1 saturated heterocycles. The standard InChI is InChI=1S/C15H27N5O/c1-3-7-20-8-5-12(6-9-20)17-14-10-13(16)18-15(19-14)11-21-4-2/h10,12H,3-9,11H2,1-2H3,(H3,16,17,18,19). The summed E-state index contributed by atoms with van der Waals surface area (Å²) < 4.78 is 5.35. The average molecular weight is 293 g/mol. The smallest absolute Gasteiger partial charge is 0.158 e. The lowest BCUT2D eigenvalue weighted by atomic mass is 10.0. The summed E-state index contributed by atoms with van der Waals surface area (Å²) in [5, 5.41) is 3.49. The molecule has 0 spiro atoms. The number of hydrogen-bond acceptors (Lipinski definition) is 6. The predicted molar refractivity (Wildman–Crippen MR) is 85.2 cm³/mol. The molecule has 1 aromatic rings. The van der Waals surface area contributed by atoms with E-state index >= 15 is 0 Å². The first-order chi connectivity index (χ1) is 10.2. The van der Waals surface area contributed by atoms with E-state index < -0.39 is 0 Å². The van der Waals surface area contributed by atoms with E-state index in [4.69, 9.17) is 10.5 Å². The van der Waals surface area contributed by atoms with Gasteiger partial charge in [0.2, 0.25) is 0 Å². The molecule has 0 aromatic carbocycles. The molecule has 0 bridgehead atoms. The third-order valence-corrected chi connectivity index (χ3v) is 3.71. The van der Waals surface area contributed by atoms with Crippen LogP contribution in [0.4, 0.5) is 11.6 Å². The Morgan fingerprint density at radius 3 is 2.76 bits per heavy atom. The molecule has 2 heterocycles. The lowest BCUT2D eigenvalue weighted by Gasteiger charge is -2.32. The number of piperidine rings is 1. The van der Waals surface area contributed by atoms with Crippen LogP contribution in [0.15, 0.2) is 6.07 Å². The van der Waals surface area contributed by atoms with E-state index in [1.807, 2.05) is 6.92 Å². The van der Waals surface area contributed by atoms with Crippen molar-refractivity contribution in [1.82, 2.24) is 14.9 Å². The Bertz CT molecular complexity index is 432. The van der Waals surface area contributed by atoms with Crippen molar-refractivity contribution in [2.75, 3.05) is 37.3 Å². The number of ether oxygens (including phenoxy) is 1. The molecule has 3 N–H and O–H groups in total. The van der Waals surface area contributed by atoms with E-state index in [0.29, 0.717) is 30.9 Å². The van der Waals surface area contributed by atoms with Gasteiger partial charge in [-0.15, -0.1) is 0 Å². The Morgan fingerprint density at radius 2 is 2.10 bits per heavy atom. The zero-order valence-electron chi connectivity index (χ0n) is 13.1. The zero-order valence-corrected chi connectivity index (χ0v) is 13.1. The van der Waals surface area contributed by atoms with Gasteiger partial charge in [0.15, 0.2) is 5.82 Å². The van der Waals surface area contributed by atoms with Crippen molar-refractivity contribution in [2.24, 2.45) is 0 Å². The second-order valence-electron chi connectivity index (χ2n) is 5.49. The van der Waals surface area contributed by atoms with Gasteiger partial charge in [0.1, 0.15) is 18.2 Å². The first-order valence-corrected chi connectivity index (χ1v) is 7.91. The van der Waals surface area contributed by atoms with Gasteiger partial charge in [-0.05, 0) is 32.7 Å². The summed E-state index contributed by atoms with van der Waals surface area (Å²) in [4.78, 5) is 11.2. The number of nitrogens with two attached hydrogens (primary N) is 1. The Labute approximate surface area is 127 Å². The highest BCUT2D eigenvalue weighted by atomic mass is 16.5. The summed E-state index contributed by atoms with van der Waals surface area (Å²) in [6.07, 6.45) is 3.51. The lowest BCUT2D eigenvalue weighted by Crippen LogP contribution is -2.39. The van der Waals surface area contributed by atoms with Crippen molar-refractivity contribution < 1.29 is 4.74 Å². The highest BCUT2D eigenvalue weighted by Gasteiger charge is 2.19. The van der Waals surface area contributed by atoms with E-state index in [1.54, 1.807) is 6.07 Å². The Kier molecular flexibility index (Phi) is 6.20. The number of anilines is 2. The number of rotatable bonds is 7. The van der Waals surface area contributed by atoms with E-state index in [1.165, 1.54) is 13.0 Å². The van der Waals surface area contributed by atoms with Gasteiger partial charge in [-0.2, -0.15) is 0 Å². The number of nitrogen functional groups attached to an aromatic ring is 1. The number of hydrogen-bond donors (Lipinski definition) is 2. The summed E-state index contributed by atoms with van der Waals surface area (Å²) in [7, 11) is 0. The van der Waals surface area contributed by atoms with Crippen LogP contribution in [0, 0.1) is 0 Å². The Hall–Kier alpha value is -1.40. The summed E-state index contributed by atoms with van der Waals surface area (Å²) >= 11 is 0. The summed E-state index contributed by atoms with van der Waals surface area (Å²) in [5.74, 6) is 1.94. The van der Waals surface area contributed by atoms with Crippen LogP contribution >= 0.6 is 0 Å². The van der Waals surface area contributed by atoms with E-state index in [-0.39, 0.29) is 0 Å². The number of likely N-dealkylation sites (tertiary alicyclic amines) is 1. The third-order valence-electron chi connectivity index (χ3n) is 3.71. The maximum Gasteiger partial charge on any atom is 0.158 e. The van der Waals surface area contributed by atoms with Crippen LogP contribution in [0.5, 0.6) is 0 Å². The third kappa shape index (κ3) is 5.13. The fourth-order valence-corrected chi connectivity index (χ4v) is 2.68. The highest BCUT2D eigenvalue weighted by molar-refractivity contribution is 5.45. The monoisotopic (exact) mass is 293 g/mol. The second-order valence-corrected chi connectivity index (χ2v) is 5.49. The van der Waals surface area contributed by atoms with Crippen molar-refractivity contribution in [3.05, 3.63) is 11.9 Å². The molecule has 0 atom stereocenters. The molecule has 21 heavy (non-hydrogen) atoms. The number of aromatic nitrogens is 2. The first-order valence-electron chi connectivity index (χ1n) is 7.91. The summed E-state index contributed by atoms with van der Waals surface area (Å²) in [6, 6.07) is 2.26. The summed E-state index contributed by atoms with van der Waals surface area (Å²) in [6.45, 7) is 8.74.